The number of hydrogen-bond acceptors (Lipinski definition) is 3. The number of nitrogens with one attached hydrogen (secondary N) is 1. The van der Waals surface area contributed by atoms with Crippen molar-refractivity contribution in [3.05, 3.63) is 58.2 Å². The van der Waals surface area contributed by atoms with Crippen LogP contribution in [0.2, 0.25) is 10.0 Å². The van der Waals surface area contributed by atoms with E-state index < -0.39 is 0 Å². The maximum atomic E-state index is 12.8. The van der Waals surface area contributed by atoms with Gasteiger partial charge in [0, 0.05) is 18.9 Å². The third-order valence-electron chi connectivity index (χ3n) is 3.72. The van der Waals surface area contributed by atoms with E-state index in [9.17, 15) is 4.79 Å². The van der Waals surface area contributed by atoms with Crippen LogP contribution in [0.15, 0.2) is 47.0 Å². The van der Waals surface area contributed by atoms with Crippen molar-refractivity contribution in [2.75, 3.05) is 5.32 Å². The number of carbonyl (C=O) groups is 1. The minimum atomic E-state index is -0.289. The highest BCUT2D eigenvalue weighted by Gasteiger charge is 2.25. The van der Waals surface area contributed by atoms with Crippen molar-refractivity contribution in [1.29, 1.82) is 0 Å². The fourth-order valence-corrected chi connectivity index (χ4v) is 2.95. The molecule has 0 saturated carbocycles. The molecule has 0 aliphatic heterocycles. The lowest BCUT2D eigenvalue weighted by atomic mass is 10.0. The van der Waals surface area contributed by atoms with E-state index in [-0.39, 0.29) is 5.91 Å². The molecule has 3 aromatic heterocycles. The zero-order chi connectivity index (χ0) is 16.8. The van der Waals surface area contributed by atoms with E-state index in [1.807, 2.05) is 25.4 Å². The molecule has 2 bridgehead atoms. The SMILES string of the molecule is Cn1ccc(-c2c(C(=O)Nc3ccc(Cl)c(Cl)c3)c3ccc2o3)n1. The van der Waals surface area contributed by atoms with Gasteiger partial charge in [-0.15, -0.1) is 0 Å². The summed E-state index contributed by atoms with van der Waals surface area (Å²) < 4.78 is 7.33. The van der Waals surface area contributed by atoms with Crippen LogP contribution in [0, 0.1) is 0 Å². The van der Waals surface area contributed by atoms with Crippen LogP contribution in [0.25, 0.3) is 22.4 Å². The molecule has 0 aliphatic rings. The van der Waals surface area contributed by atoms with Gasteiger partial charge in [-0.25, -0.2) is 0 Å². The first-order chi connectivity index (χ1) is 11.5. The number of anilines is 1. The van der Waals surface area contributed by atoms with Crippen molar-refractivity contribution in [2.24, 2.45) is 7.05 Å². The largest absolute Gasteiger partial charge is 0.456 e. The number of benzene rings is 2. The van der Waals surface area contributed by atoms with Gasteiger partial charge in [-0.3, -0.25) is 9.48 Å². The number of halogens is 2. The van der Waals surface area contributed by atoms with Crippen molar-refractivity contribution in [2.45, 2.75) is 0 Å². The van der Waals surface area contributed by atoms with E-state index in [0.717, 1.165) is 0 Å². The van der Waals surface area contributed by atoms with Crippen LogP contribution in [-0.2, 0) is 7.05 Å². The molecule has 0 saturated heterocycles. The second kappa shape index (κ2) is 5.54. The monoisotopic (exact) mass is 359 g/mol. The van der Waals surface area contributed by atoms with Gasteiger partial charge in [0.15, 0.2) is 0 Å². The van der Waals surface area contributed by atoms with Crippen LogP contribution in [0.3, 0.4) is 0 Å². The van der Waals surface area contributed by atoms with Crippen LogP contribution in [-0.4, -0.2) is 15.7 Å². The average molecular weight is 360 g/mol. The Morgan fingerprint density at radius 3 is 2.62 bits per heavy atom. The highest BCUT2D eigenvalue weighted by Crippen LogP contribution is 2.36. The Labute approximate surface area is 147 Å². The molecule has 0 atom stereocenters. The molecule has 1 N–H and O–H groups in total. The summed E-state index contributed by atoms with van der Waals surface area (Å²) in [5.74, 6) is -0.289. The topological polar surface area (TPSA) is 60.1 Å². The molecule has 7 heteroatoms. The normalized spacial score (nSPS) is 11.3. The summed E-state index contributed by atoms with van der Waals surface area (Å²) in [4.78, 5) is 12.8. The van der Waals surface area contributed by atoms with E-state index >= 15 is 0 Å². The molecule has 0 radical (unpaired) electrons. The Hall–Kier alpha value is -2.50. The second-order valence-corrected chi connectivity index (χ2v) is 6.19. The minimum absolute atomic E-state index is 0.289. The predicted molar refractivity (Wildman–Crippen MR) is 94.0 cm³/mol. The van der Waals surface area contributed by atoms with Gasteiger partial charge in [-0.2, -0.15) is 5.10 Å². The molecular formula is C17H11Cl2N3O2. The van der Waals surface area contributed by atoms with Crippen LogP contribution >= 0.6 is 23.2 Å². The van der Waals surface area contributed by atoms with Crippen molar-refractivity contribution in [1.82, 2.24) is 9.78 Å². The Morgan fingerprint density at radius 2 is 1.92 bits per heavy atom. The third-order valence-corrected chi connectivity index (χ3v) is 4.46. The van der Waals surface area contributed by atoms with Gasteiger partial charge >= 0.3 is 0 Å². The minimum Gasteiger partial charge on any atom is -0.456 e. The first-order valence-corrected chi connectivity index (χ1v) is 7.90. The van der Waals surface area contributed by atoms with Crippen molar-refractivity contribution < 1.29 is 9.21 Å². The molecule has 4 aromatic rings. The molecule has 1 aromatic carbocycles. The van der Waals surface area contributed by atoms with E-state index in [0.29, 0.717) is 43.7 Å². The number of nitrogens with zero attached hydrogens (tertiary/aromatic N) is 2. The molecule has 1 amide bonds. The number of amides is 1. The Bertz CT molecular complexity index is 1050. The van der Waals surface area contributed by atoms with E-state index in [1.54, 1.807) is 28.9 Å². The maximum Gasteiger partial charge on any atom is 0.260 e. The van der Waals surface area contributed by atoms with E-state index in [1.165, 1.54) is 0 Å². The summed E-state index contributed by atoms with van der Waals surface area (Å²) in [7, 11) is 1.82. The molecule has 24 heavy (non-hydrogen) atoms. The first kappa shape index (κ1) is 15.1. The van der Waals surface area contributed by atoms with Gasteiger partial charge in [-0.05, 0) is 36.4 Å². The molecule has 0 unspecified atom stereocenters. The number of hydrogen-bond donors (Lipinski definition) is 1. The lowest BCUT2D eigenvalue weighted by Crippen LogP contribution is -2.12. The van der Waals surface area contributed by atoms with Crippen LogP contribution in [0.1, 0.15) is 10.4 Å². The summed E-state index contributed by atoms with van der Waals surface area (Å²) in [5.41, 5.74) is 3.53. The second-order valence-electron chi connectivity index (χ2n) is 5.37. The van der Waals surface area contributed by atoms with Crippen LogP contribution < -0.4 is 5.32 Å². The number of aryl methyl sites for hydroxylation is 1. The van der Waals surface area contributed by atoms with Crippen LogP contribution in [0.4, 0.5) is 5.69 Å². The van der Waals surface area contributed by atoms with Gasteiger partial charge in [0.25, 0.3) is 5.91 Å². The average Bonchev–Trinajstić information content (AvgIpc) is 3.25. The molecule has 4 rings (SSSR count). The Kier molecular flexibility index (Phi) is 3.48. The zero-order valence-electron chi connectivity index (χ0n) is 12.5. The molecule has 120 valence electrons. The Morgan fingerprint density at radius 1 is 1.12 bits per heavy atom. The van der Waals surface area contributed by atoms with E-state index in [2.05, 4.69) is 10.4 Å². The van der Waals surface area contributed by atoms with Gasteiger partial charge < -0.3 is 9.73 Å². The standard InChI is InChI=1S/C17H11Cl2N3O2/c1-22-7-6-12(21-22)15-13-4-5-14(24-13)16(15)17(23)20-9-2-3-10(18)11(19)8-9/h2-8H,1H3,(H,20,23). The predicted octanol–water partition coefficient (Wildman–Crippen LogP) is 4.83. The Balaban J connectivity index is 1.74. The van der Waals surface area contributed by atoms with E-state index in [4.69, 9.17) is 27.6 Å². The van der Waals surface area contributed by atoms with Crippen molar-refractivity contribution in [3.8, 4) is 11.3 Å². The molecule has 5 nitrogen and oxygen atoms in total. The summed E-state index contributed by atoms with van der Waals surface area (Å²) in [6.07, 6.45) is 1.82. The zero-order valence-corrected chi connectivity index (χ0v) is 14.0. The quantitative estimate of drug-likeness (QED) is 0.569. The smallest absolute Gasteiger partial charge is 0.260 e. The summed E-state index contributed by atoms with van der Waals surface area (Å²) in [6, 6.07) is 10.4. The van der Waals surface area contributed by atoms with Crippen molar-refractivity contribution in [3.63, 3.8) is 0 Å². The lowest BCUT2D eigenvalue weighted by molar-refractivity contribution is 0.102. The van der Waals surface area contributed by atoms with Gasteiger partial charge in [0.2, 0.25) is 0 Å². The highest BCUT2D eigenvalue weighted by molar-refractivity contribution is 6.42. The number of fused-ring (bicyclic) bond motifs is 2. The molecule has 0 fully saturated rings. The number of rotatable bonds is 3. The van der Waals surface area contributed by atoms with Gasteiger partial charge in [0.1, 0.15) is 11.2 Å². The molecular weight excluding hydrogens is 349 g/mol. The summed E-state index contributed by atoms with van der Waals surface area (Å²) >= 11 is 11.9. The summed E-state index contributed by atoms with van der Waals surface area (Å²) in [6.45, 7) is 0. The number of aromatic nitrogens is 2. The van der Waals surface area contributed by atoms with Crippen molar-refractivity contribution >= 4 is 46.0 Å². The first-order valence-electron chi connectivity index (χ1n) is 7.14. The fraction of sp³-hybridized carbons (Fsp3) is 0.0588. The maximum absolute atomic E-state index is 12.8. The molecule has 0 aliphatic carbocycles. The van der Waals surface area contributed by atoms with Crippen LogP contribution in [0.5, 0.6) is 0 Å². The number of carbonyl (C=O) groups excluding carboxylic acids is 1. The lowest BCUT2D eigenvalue weighted by Gasteiger charge is -2.07. The third kappa shape index (κ3) is 2.42. The number of furan rings is 2. The molecule has 3 heterocycles. The van der Waals surface area contributed by atoms with Gasteiger partial charge in [-0.1, -0.05) is 23.2 Å². The fourth-order valence-electron chi connectivity index (χ4n) is 2.65. The molecule has 0 spiro atoms. The van der Waals surface area contributed by atoms with Gasteiger partial charge in [0.05, 0.1) is 26.9 Å². The highest BCUT2D eigenvalue weighted by atomic mass is 35.5. The summed E-state index contributed by atoms with van der Waals surface area (Å²) in [5, 5.41) is 7.99.